The normalized spacial score (nSPS) is 10.5. The zero-order valence-electron chi connectivity index (χ0n) is 8.08. The van der Waals surface area contributed by atoms with E-state index in [2.05, 4.69) is 25.9 Å². The van der Waals surface area contributed by atoms with Crippen molar-refractivity contribution in [2.45, 2.75) is 6.92 Å². The number of fused-ring (bicyclic) bond motifs is 1. The van der Waals surface area contributed by atoms with Crippen LogP contribution < -0.4 is 0 Å². The second-order valence-electron chi connectivity index (χ2n) is 3.00. The molecule has 2 aromatic heterocycles. The molecule has 78 valence electrons. The number of pyridine rings is 1. The summed E-state index contributed by atoms with van der Waals surface area (Å²) in [6, 6.07) is 3.55. The van der Waals surface area contributed by atoms with Gasteiger partial charge in [0, 0.05) is 11.6 Å². The summed E-state index contributed by atoms with van der Waals surface area (Å²) in [5, 5.41) is 0.890. The number of carbonyl (C=O) groups excluding carboxylic acids is 1. The first kappa shape index (κ1) is 10.2. The molecule has 2 aromatic rings. The fourth-order valence-electron chi connectivity index (χ4n) is 1.32. The molecule has 0 aromatic carbocycles. The predicted octanol–water partition coefficient (Wildman–Crippen LogP) is 2.50. The summed E-state index contributed by atoms with van der Waals surface area (Å²) in [4.78, 5) is 18.5. The van der Waals surface area contributed by atoms with Crippen LogP contribution in [0.2, 0.25) is 0 Å². The Kier molecular flexibility index (Phi) is 2.73. The van der Waals surface area contributed by atoms with E-state index in [1.54, 1.807) is 19.2 Å². The van der Waals surface area contributed by atoms with Crippen LogP contribution in [0.4, 0.5) is 0 Å². The van der Waals surface area contributed by atoms with E-state index < -0.39 is 0 Å². The van der Waals surface area contributed by atoms with Crippen LogP contribution in [-0.4, -0.2) is 22.5 Å². The summed E-state index contributed by atoms with van der Waals surface area (Å²) in [5.74, 6) is -0.343. The molecule has 2 rings (SSSR count). The first-order chi connectivity index (χ1) is 7.20. The molecule has 1 N–H and O–H groups in total. The molecule has 0 aliphatic carbocycles. The lowest BCUT2D eigenvalue weighted by atomic mass is 10.3. The minimum atomic E-state index is -0.343. The molecule has 0 atom stereocenters. The summed E-state index contributed by atoms with van der Waals surface area (Å²) in [7, 11) is 0. The fraction of sp³-hybridized carbons (Fsp3) is 0.200. The molecular formula is C10H9BrN2O2. The van der Waals surface area contributed by atoms with Crippen LogP contribution in [0.3, 0.4) is 0 Å². The van der Waals surface area contributed by atoms with Gasteiger partial charge in [0.1, 0.15) is 10.3 Å². The van der Waals surface area contributed by atoms with Crippen LogP contribution >= 0.6 is 15.9 Å². The first-order valence-corrected chi connectivity index (χ1v) is 5.31. The average Bonchev–Trinajstić information content (AvgIpc) is 2.60. The number of esters is 1. The highest BCUT2D eigenvalue weighted by atomic mass is 79.9. The summed E-state index contributed by atoms with van der Waals surface area (Å²) in [6.45, 7) is 2.15. The molecule has 4 nitrogen and oxygen atoms in total. The number of aromatic nitrogens is 2. The first-order valence-electron chi connectivity index (χ1n) is 4.52. The Bertz CT molecular complexity index is 507. The van der Waals surface area contributed by atoms with Gasteiger partial charge < -0.3 is 9.72 Å². The van der Waals surface area contributed by atoms with Crippen LogP contribution in [-0.2, 0) is 4.74 Å². The van der Waals surface area contributed by atoms with Crippen molar-refractivity contribution in [1.82, 2.24) is 9.97 Å². The quantitative estimate of drug-likeness (QED) is 0.673. The van der Waals surface area contributed by atoms with Gasteiger partial charge in [0.2, 0.25) is 0 Å². The molecule has 5 heteroatoms. The number of rotatable bonds is 2. The maximum absolute atomic E-state index is 11.4. The SMILES string of the molecule is CCOC(=O)c1cc2cnc(Br)cc2[nH]1. The Morgan fingerprint density at radius 3 is 3.13 bits per heavy atom. The van der Waals surface area contributed by atoms with Crippen LogP contribution in [0.15, 0.2) is 22.9 Å². The molecular weight excluding hydrogens is 260 g/mol. The average molecular weight is 269 g/mol. The van der Waals surface area contributed by atoms with E-state index in [1.165, 1.54) is 0 Å². The summed E-state index contributed by atoms with van der Waals surface area (Å²) >= 11 is 3.26. The van der Waals surface area contributed by atoms with Crippen molar-refractivity contribution in [3.8, 4) is 0 Å². The molecule has 0 fully saturated rings. The van der Waals surface area contributed by atoms with Gasteiger partial charge in [0.25, 0.3) is 0 Å². The Morgan fingerprint density at radius 2 is 2.40 bits per heavy atom. The Hall–Kier alpha value is -1.36. The zero-order valence-corrected chi connectivity index (χ0v) is 9.67. The number of H-pyrrole nitrogens is 1. The van der Waals surface area contributed by atoms with E-state index in [0.717, 1.165) is 15.5 Å². The number of aromatic amines is 1. The standard InChI is InChI=1S/C10H9BrN2O2/c1-2-15-10(14)8-3-6-5-12-9(11)4-7(6)13-8/h3-5,13H,2H2,1H3. The Morgan fingerprint density at radius 1 is 1.60 bits per heavy atom. The summed E-state index contributed by atoms with van der Waals surface area (Å²) < 4.78 is 5.61. The van der Waals surface area contributed by atoms with Crippen LogP contribution in [0.5, 0.6) is 0 Å². The van der Waals surface area contributed by atoms with Crippen LogP contribution in [0.25, 0.3) is 10.9 Å². The van der Waals surface area contributed by atoms with Crippen molar-refractivity contribution in [2.75, 3.05) is 6.61 Å². The molecule has 15 heavy (non-hydrogen) atoms. The van der Waals surface area contributed by atoms with Crippen LogP contribution in [0, 0.1) is 0 Å². The molecule has 0 saturated heterocycles. The van der Waals surface area contributed by atoms with Crippen molar-refractivity contribution < 1.29 is 9.53 Å². The van der Waals surface area contributed by atoms with Gasteiger partial charge in [-0.3, -0.25) is 0 Å². The second kappa shape index (κ2) is 4.02. The van der Waals surface area contributed by atoms with Crippen molar-refractivity contribution in [3.05, 3.63) is 28.6 Å². The number of hydrogen-bond donors (Lipinski definition) is 1. The van der Waals surface area contributed by atoms with Crippen molar-refractivity contribution in [2.24, 2.45) is 0 Å². The van der Waals surface area contributed by atoms with E-state index in [4.69, 9.17) is 4.74 Å². The molecule has 0 saturated carbocycles. The van der Waals surface area contributed by atoms with Gasteiger partial charge in [0.15, 0.2) is 0 Å². The third-order valence-corrected chi connectivity index (χ3v) is 2.40. The molecule has 0 radical (unpaired) electrons. The predicted molar refractivity (Wildman–Crippen MR) is 59.8 cm³/mol. The number of halogens is 1. The minimum Gasteiger partial charge on any atom is -0.461 e. The van der Waals surface area contributed by atoms with E-state index >= 15 is 0 Å². The smallest absolute Gasteiger partial charge is 0.354 e. The highest BCUT2D eigenvalue weighted by Gasteiger charge is 2.10. The van der Waals surface area contributed by atoms with E-state index in [0.29, 0.717) is 12.3 Å². The van der Waals surface area contributed by atoms with Crippen molar-refractivity contribution in [1.29, 1.82) is 0 Å². The summed E-state index contributed by atoms with van der Waals surface area (Å²) in [5.41, 5.74) is 1.31. The number of ether oxygens (including phenoxy) is 1. The monoisotopic (exact) mass is 268 g/mol. The molecule has 0 unspecified atom stereocenters. The van der Waals surface area contributed by atoms with E-state index in [-0.39, 0.29) is 5.97 Å². The van der Waals surface area contributed by atoms with Crippen molar-refractivity contribution >= 4 is 32.8 Å². The molecule has 0 aliphatic heterocycles. The topological polar surface area (TPSA) is 55.0 Å². The maximum Gasteiger partial charge on any atom is 0.354 e. The highest BCUT2D eigenvalue weighted by Crippen LogP contribution is 2.18. The highest BCUT2D eigenvalue weighted by molar-refractivity contribution is 9.10. The van der Waals surface area contributed by atoms with E-state index in [9.17, 15) is 4.79 Å². The lowest BCUT2D eigenvalue weighted by molar-refractivity contribution is 0.0520. The lowest BCUT2D eigenvalue weighted by Gasteiger charge is -1.96. The molecule has 0 spiro atoms. The number of nitrogens with zero attached hydrogens (tertiary/aromatic N) is 1. The van der Waals surface area contributed by atoms with Gasteiger partial charge in [-0.2, -0.15) is 0 Å². The lowest BCUT2D eigenvalue weighted by Crippen LogP contribution is -2.04. The maximum atomic E-state index is 11.4. The van der Waals surface area contributed by atoms with Gasteiger partial charge in [0.05, 0.1) is 12.1 Å². The molecule has 0 aliphatic rings. The van der Waals surface area contributed by atoms with Crippen molar-refractivity contribution in [3.63, 3.8) is 0 Å². The van der Waals surface area contributed by atoms with Gasteiger partial charge in [-0.25, -0.2) is 9.78 Å². The largest absolute Gasteiger partial charge is 0.461 e. The van der Waals surface area contributed by atoms with Gasteiger partial charge in [-0.1, -0.05) is 0 Å². The second-order valence-corrected chi connectivity index (χ2v) is 3.81. The van der Waals surface area contributed by atoms with Gasteiger partial charge in [-0.15, -0.1) is 0 Å². The summed E-state index contributed by atoms with van der Waals surface area (Å²) in [6.07, 6.45) is 1.69. The number of nitrogens with one attached hydrogen (secondary N) is 1. The third-order valence-electron chi connectivity index (χ3n) is 1.97. The molecule has 0 bridgehead atoms. The Balaban J connectivity index is 2.42. The number of hydrogen-bond acceptors (Lipinski definition) is 3. The Labute approximate surface area is 94.8 Å². The minimum absolute atomic E-state index is 0.343. The number of carbonyl (C=O) groups is 1. The van der Waals surface area contributed by atoms with E-state index in [1.807, 2.05) is 6.07 Å². The van der Waals surface area contributed by atoms with Crippen LogP contribution in [0.1, 0.15) is 17.4 Å². The molecule has 0 amide bonds. The third kappa shape index (κ3) is 2.02. The van der Waals surface area contributed by atoms with Gasteiger partial charge in [-0.05, 0) is 35.0 Å². The van der Waals surface area contributed by atoms with Gasteiger partial charge >= 0.3 is 5.97 Å². The fourth-order valence-corrected chi connectivity index (χ4v) is 1.65. The zero-order chi connectivity index (χ0) is 10.8. The molecule has 2 heterocycles.